The first kappa shape index (κ1) is 25.9. The average molecular weight is 525 g/mol. The van der Waals surface area contributed by atoms with Crippen LogP contribution < -0.4 is 14.8 Å². The van der Waals surface area contributed by atoms with Crippen LogP contribution in [0.4, 0.5) is 19.3 Å². The number of halogens is 2. The number of hydrogen-bond donors (Lipinski definition) is 1. The predicted octanol–water partition coefficient (Wildman–Crippen LogP) is 5.54. The van der Waals surface area contributed by atoms with E-state index in [9.17, 15) is 23.2 Å². The van der Waals surface area contributed by atoms with Crippen molar-refractivity contribution in [2.45, 2.75) is 13.5 Å². The SMILES string of the molecule is COc1cc(/C=C2\SC(=O)N(CC(=O)Nc3ccc(F)cc3F)C2=O)ccc1OCc1cccc(C)c1. The van der Waals surface area contributed by atoms with Gasteiger partial charge in [0.05, 0.1) is 17.7 Å². The molecule has 1 aliphatic rings. The summed E-state index contributed by atoms with van der Waals surface area (Å²) >= 11 is 0.679. The minimum absolute atomic E-state index is 0.112. The number of amides is 3. The number of imide groups is 1. The predicted molar refractivity (Wildman–Crippen MR) is 136 cm³/mol. The zero-order valence-corrected chi connectivity index (χ0v) is 20.7. The van der Waals surface area contributed by atoms with Gasteiger partial charge in [-0.25, -0.2) is 8.78 Å². The Labute approximate surface area is 216 Å². The second kappa shape index (κ2) is 11.3. The average Bonchev–Trinajstić information content (AvgIpc) is 3.12. The number of methoxy groups -OCH3 is 1. The Balaban J connectivity index is 1.43. The summed E-state index contributed by atoms with van der Waals surface area (Å²) in [4.78, 5) is 38.3. The van der Waals surface area contributed by atoms with Gasteiger partial charge in [-0.05, 0) is 60.2 Å². The summed E-state index contributed by atoms with van der Waals surface area (Å²) in [5, 5.41) is 1.59. The molecule has 7 nitrogen and oxygen atoms in total. The van der Waals surface area contributed by atoms with Gasteiger partial charge in [0.25, 0.3) is 11.1 Å². The molecule has 37 heavy (non-hydrogen) atoms. The third kappa shape index (κ3) is 6.34. The maximum atomic E-state index is 13.8. The van der Waals surface area contributed by atoms with Gasteiger partial charge in [0.15, 0.2) is 11.5 Å². The molecule has 10 heteroatoms. The molecule has 0 atom stereocenters. The van der Waals surface area contributed by atoms with Gasteiger partial charge in [-0.3, -0.25) is 19.3 Å². The molecule has 0 spiro atoms. The first-order valence-corrected chi connectivity index (χ1v) is 11.9. The molecule has 0 saturated carbocycles. The van der Waals surface area contributed by atoms with Gasteiger partial charge in [-0.15, -0.1) is 0 Å². The van der Waals surface area contributed by atoms with E-state index in [0.29, 0.717) is 41.5 Å². The van der Waals surface area contributed by atoms with Crippen LogP contribution in [0.1, 0.15) is 16.7 Å². The fourth-order valence-electron chi connectivity index (χ4n) is 3.57. The Morgan fingerprint density at radius 1 is 1.05 bits per heavy atom. The highest BCUT2D eigenvalue weighted by Crippen LogP contribution is 2.35. The summed E-state index contributed by atoms with van der Waals surface area (Å²) < 4.78 is 38.2. The molecule has 4 rings (SSSR count). The van der Waals surface area contributed by atoms with Gasteiger partial charge < -0.3 is 14.8 Å². The molecular formula is C27H22F2N2O5S. The normalized spacial score (nSPS) is 14.3. The Morgan fingerprint density at radius 3 is 2.59 bits per heavy atom. The molecule has 0 radical (unpaired) electrons. The summed E-state index contributed by atoms with van der Waals surface area (Å²) in [6.07, 6.45) is 1.51. The highest BCUT2D eigenvalue weighted by atomic mass is 32.2. The van der Waals surface area contributed by atoms with Crippen molar-refractivity contribution in [3.05, 3.63) is 93.9 Å². The zero-order valence-electron chi connectivity index (χ0n) is 19.9. The highest BCUT2D eigenvalue weighted by molar-refractivity contribution is 8.18. The Bertz CT molecular complexity index is 1410. The summed E-state index contributed by atoms with van der Waals surface area (Å²) in [7, 11) is 1.50. The minimum atomic E-state index is -0.970. The lowest BCUT2D eigenvalue weighted by Crippen LogP contribution is -2.36. The molecule has 1 fully saturated rings. The monoisotopic (exact) mass is 524 g/mol. The minimum Gasteiger partial charge on any atom is -0.493 e. The lowest BCUT2D eigenvalue weighted by Gasteiger charge is -2.13. The molecule has 0 bridgehead atoms. The van der Waals surface area contributed by atoms with Crippen LogP contribution in [0.5, 0.6) is 11.5 Å². The summed E-state index contributed by atoms with van der Waals surface area (Å²) in [6, 6.07) is 15.7. The van der Waals surface area contributed by atoms with E-state index in [1.807, 2.05) is 31.2 Å². The first-order valence-electron chi connectivity index (χ1n) is 11.1. The van der Waals surface area contributed by atoms with E-state index in [1.165, 1.54) is 13.2 Å². The fraction of sp³-hybridized carbons (Fsp3) is 0.148. The fourth-order valence-corrected chi connectivity index (χ4v) is 4.41. The summed E-state index contributed by atoms with van der Waals surface area (Å²) in [6.45, 7) is 1.73. The number of thioether (sulfide) groups is 1. The van der Waals surface area contributed by atoms with Crippen LogP contribution in [-0.2, 0) is 16.2 Å². The Kier molecular flexibility index (Phi) is 7.88. The van der Waals surface area contributed by atoms with Crippen molar-refractivity contribution >= 4 is 40.6 Å². The number of benzene rings is 3. The van der Waals surface area contributed by atoms with Crippen LogP contribution in [0.3, 0.4) is 0 Å². The number of rotatable bonds is 8. The number of carbonyl (C=O) groups is 3. The van der Waals surface area contributed by atoms with Gasteiger partial charge in [0, 0.05) is 6.07 Å². The molecule has 3 amide bonds. The van der Waals surface area contributed by atoms with Gasteiger partial charge in [-0.1, -0.05) is 35.9 Å². The molecule has 3 aromatic rings. The van der Waals surface area contributed by atoms with E-state index >= 15 is 0 Å². The van der Waals surface area contributed by atoms with Gasteiger partial charge >= 0.3 is 0 Å². The van der Waals surface area contributed by atoms with Gasteiger partial charge in [-0.2, -0.15) is 0 Å². The lowest BCUT2D eigenvalue weighted by atomic mass is 10.1. The Morgan fingerprint density at radius 2 is 1.86 bits per heavy atom. The van der Waals surface area contributed by atoms with Crippen LogP contribution in [0.2, 0.25) is 0 Å². The number of anilines is 1. The van der Waals surface area contributed by atoms with Crippen molar-refractivity contribution in [3.63, 3.8) is 0 Å². The number of nitrogens with one attached hydrogen (secondary N) is 1. The second-order valence-corrected chi connectivity index (χ2v) is 9.12. The molecule has 3 aromatic carbocycles. The zero-order chi connectivity index (χ0) is 26.5. The maximum Gasteiger partial charge on any atom is 0.294 e. The lowest BCUT2D eigenvalue weighted by molar-refractivity contribution is -0.127. The summed E-state index contributed by atoms with van der Waals surface area (Å²) in [5.41, 5.74) is 2.46. The van der Waals surface area contributed by atoms with Crippen LogP contribution in [-0.4, -0.2) is 35.6 Å². The van der Waals surface area contributed by atoms with Gasteiger partial charge in [0.2, 0.25) is 5.91 Å². The van der Waals surface area contributed by atoms with E-state index in [0.717, 1.165) is 28.2 Å². The van der Waals surface area contributed by atoms with E-state index in [1.54, 1.807) is 18.2 Å². The molecular weight excluding hydrogens is 502 g/mol. The van der Waals surface area contributed by atoms with Crippen molar-refractivity contribution < 1.29 is 32.6 Å². The van der Waals surface area contributed by atoms with Crippen molar-refractivity contribution in [1.29, 1.82) is 0 Å². The van der Waals surface area contributed by atoms with Crippen LogP contribution in [0, 0.1) is 18.6 Å². The highest BCUT2D eigenvalue weighted by Gasteiger charge is 2.36. The van der Waals surface area contributed by atoms with Crippen molar-refractivity contribution in [2.24, 2.45) is 0 Å². The van der Waals surface area contributed by atoms with Crippen molar-refractivity contribution in [2.75, 3.05) is 19.0 Å². The largest absolute Gasteiger partial charge is 0.493 e. The summed E-state index contributed by atoms with van der Waals surface area (Å²) in [5.74, 6) is -2.27. The number of aryl methyl sites for hydroxylation is 1. The third-order valence-corrected chi connectivity index (χ3v) is 6.25. The molecule has 0 unspecified atom stereocenters. The van der Waals surface area contributed by atoms with Crippen molar-refractivity contribution in [1.82, 2.24) is 4.90 Å². The maximum absolute atomic E-state index is 13.8. The molecule has 190 valence electrons. The third-order valence-electron chi connectivity index (χ3n) is 5.34. The molecule has 0 aromatic heterocycles. The second-order valence-electron chi connectivity index (χ2n) is 8.13. The number of nitrogens with zero attached hydrogens (tertiary/aromatic N) is 1. The molecule has 1 N–H and O–H groups in total. The number of carbonyl (C=O) groups excluding carboxylic acids is 3. The first-order chi connectivity index (χ1) is 17.7. The number of ether oxygens (including phenoxy) is 2. The van der Waals surface area contributed by atoms with Crippen LogP contribution in [0.15, 0.2) is 65.6 Å². The standard InChI is InChI=1S/C27H22F2N2O5S/c1-16-4-3-5-18(10-16)15-36-22-9-6-17(11-23(22)35-2)12-24-26(33)31(27(34)37-24)14-25(32)30-21-8-7-19(28)13-20(21)29/h3-13H,14-15H2,1-2H3,(H,30,32)/b24-12-. The smallest absolute Gasteiger partial charge is 0.294 e. The molecule has 0 aliphatic carbocycles. The van der Waals surface area contributed by atoms with Gasteiger partial charge in [0.1, 0.15) is 24.8 Å². The van der Waals surface area contributed by atoms with E-state index < -0.39 is 35.2 Å². The van der Waals surface area contributed by atoms with Crippen molar-refractivity contribution in [3.8, 4) is 11.5 Å². The quantitative estimate of drug-likeness (QED) is 0.390. The Hall–Kier alpha value is -4.18. The van der Waals surface area contributed by atoms with E-state index in [2.05, 4.69) is 5.32 Å². The van der Waals surface area contributed by atoms with Crippen LogP contribution in [0.25, 0.3) is 6.08 Å². The topological polar surface area (TPSA) is 84.9 Å². The number of hydrogen-bond acceptors (Lipinski definition) is 6. The van der Waals surface area contributed by atoms with E-state index in [4.69, 9.17) is 9.47 Å². The van der Waals surface area contributed by atoms with Crippen LogP contribution >= 0.6 is 11.8 Å². The molecule has 1 saturated heterocycles. The molecule has 1 heterocycles. The van der Waals surface area contributed by atoms with E-state index in [-0.39, 0.29) is 10.6 Å². The molecule has 1 aliphatic heterocycles.